The Morgan fingerprint density at radius 1 is 1.03 bits per heavy atom. The van der Waals surface area contributed by atoms with E-state index in [2.05, 4.69) is 4.98 Å². The molecule has 0 N–H and O–H groups in total. The van der Waals surface area contributed by atoms with E-state index in [1.54, 1.807) is 61.8 Å². The molecule has 0 aliphatic carbocycles. The predicted molar refractivity (Wildman–Crippen MR) is 120 cm³/mol. The molecule has 1 aliphatic heterocycles. The SMILES string of the molecule is COc1ccc(CC(=O)N2CCN(S(=O)(=O)c3cccc4cnccc34)CC2)c(OC)c1. The van der Waals surface area contributed by atoms with Crippen molar-refractivity contribution in [1.82, 2.24) is 14.2 Å². The van der Waals surface area contributed by atoms with Crippen molar-refractivity contribution in [3.05, 3.63) is 60.4 Å². The standard InChI is InChI=1S/C23H25N3O5S/c1-30-19-7-6-17(21(15-19)31-2)14-23(27)25-10-12-26(13-11-25)32(28,29)22-5-3-4-18-16-24-9-8-20(18)22/h3-9,15-16H,10-14H2,1-2H3. The summed E-state index contributed by atoms with van der Waals surface area (Å²) < 4.78 is 38.6. The number of methoxy groups -OCH3 is 2. The fourth-order valence-corrected chi connectivity index (χ4v) is 5.54. The number of rotatable bonds is 6. The zero-order valence-electron chi connectivity index (χ0n) is 18.0. The minimum atomic E-state index is -3.68. The molecule has 1 fully saturated rings. The lowest BCUT2D eigenvalue weighted by Gasteiger charge is -2.34. The molecule has 4 rings (SSSR count). The summed E-state index contributed by atoms with van der Waals surface area (Å²) in [5, 5.41) is 1.42. The molecule has 1 aromatic heterocycles. The Balaban J connectivity index is 1.45. The number of carbonyl (C=O) groups excluding carboxylic acids is 1. The van der Waals surface area contributed by atoms with Crippen LogP contribution in [0.4, 0.5) is 0 Å². The zero-order valence-corrected chi connectivity index (χ0v) is 18.8. The number of nitrogens with zero attached hydrogens (tertiary/aromatic N) is 3. The van der Waals surface area contributed by atoms with Gasteiger partial charge >= 0.3 is 0 Å². The maximum atomic E-state index is 13.3. The van der Waals surface area contributed by atoms with Crippen molar-refractivity contribution in [1.29, 1.82) is 0 Å². The molecule has 0 atom stereocenters. The van der Waals surface area contributed by atoms with Gasteiger partial charge in [0.05, 0.1) is 25.5 Å². The van der Waals surface area contributed by atoms with Crippen LogP contribution in [0.5, 0.6) is 11.5 Å². The number of carbonyl (C=O) groups is 1. The fourth-order valence-electron chi connectivity index (χ4n) is 3.91. The summed E-state index contributed by atoms with van der Waals surface area (Å²) in [6.07, 6.45) is 3.42. The van der Waals surface area contributed by atoms with Crippen LogP contribution >= 0.6 is 0 Å². The molecule has 0 bridgehead atoms. The Kier molecular flexibility index (Phi) is 6.29. The van der Waals surface area contributed by atoms with Gasteiger partial charge in [-0.25, -0.2) is 8.42 Å². The van der Waals surface area contributed by atoms with Crippen molar-refractivity contribution in [2.24, 2.45) is 0 Å². The number of hydrogen-bond acceptors (Lipinski definition) is 6. The normalized spacial score (nSPS) is 15.0. The highest BCUT2D eigenvalue weighted by Crippen LogP contribution is 2.27. The van der Waals surface area contributed by atoms with Crippen molar-refractivity contribution in [3.63, 3.8) is 0 Å². The molecule has 1 saturated heterocycles. The minimum absolute atomic E-state index is 0.0678. The van der Waals surface area contributed by atoms with Gasteiger partial charge in [-0.3, -0.25) is 9.78 Å². The van der Waals surface area contributed by atoms with Crippen LogP contribution in [-0.4, -0.2) is 68.9 Å². The van der Waals surface area contributed by atoms with E-state index in [1.165, 1.54) is 4.31 Å². The highest BCUT2D eigenvalue weighted by Gasteiger charge is 2.31. The molecular weight excluding hydrogens is 430 g/mol. The number of pyridine rings is 1. The number of piperazine rings is 1. The van der Waals surface area contributed by atoms with Crippen molar-refractivity contribution < 1.29 is 22.7 Å². The summed E-state index contributed by atoms with van der Waals surface area (Å²) in [5.41, 5.74) is 0.762. The smallest absolute Gasteiger partial charge is 0.243 e. The Morgan fingerprint density at radius 2 is 1.81 bits per heavy atom. The summed E-state index contributed by atoms with van der Waals surface area (Å²) in [4.78, 5) is 18.9. The number of sulfonamides is 1. The van der Waals surface area contributed by atoms with Crippen LogP contribution in [0.1, 0.15) is 5.56 Å². The van der Waals surface area contributed by atoms with Gasteiger partial charge in [0.2, 0.25) is 15.9 Å². The van der Waals surface area contributed by atoms with Gasteiger partial charge in [-0.1, -0.05) is 18.2 Å². The van der Waals surface area contributed by atoms with E-state index in [0.717, 1.165) is 10.9 Å². The van der Waals surface area contributed by atoms with E-state index in [0.29, 0.717) is 30.0 Å². The molecule has 8 nitrogen and oxygen atoms in total. The van der Waals surface area contributed by atoms with Gasteiger partial charge in [0.25, 0.3) is 0 Å². The predicted octanol–water partition coefficient (Wildman–Crippen LogP) is 2.33. The topological polar surface area (TPSA) is 89.0 Å². The Labute approximate surface area is 187 Å². The second kappa shape index (κ2) is 9.13. The highest BCUT2D eigenvalue weighted by molar-refractivity contribution is 7.89. The number of amides is 1. The molecule has 1 amide bonds. The third-order valence-electron chi connectivity index (χ3n) is 5.69. The van der Waals surface area contributed by atoms with Gasteiger partial charge < -0.3 is 14.4 Å². The Hall–Kier alpha value is -3.17. The summed E-state index contributed by atoms with van der Waals surface area (Å²) in [7, 11) is -0.558. The molecule has 9 heteroatoms. The van der Waals surface area contributed by atoms with Crippen LogP contribution in [0.15, 0.2) is 59.8 Å². The molecule has 1 aliphatic rings. The van der Waals surface area contributed by atoms with E-state index >= 15 is 0 Å². The first-order valence-electron chi connectivity index (χ1n) is 10.3. The van der Waals surface area contributed by atoms with Crippen LogP contribution in [0.2, 0.25) is 0 Å². The minimum Gasteiger partial charge on any atom is -0.497 e. The van der Waals surface area contributed by atoms with Gasteiger partial charge in [-0.15, -0.1) is 0 Å². The van der Waals surface area contributed by atoms with E-state index in [1.807, 2.05) is 12.1 Å². The lowest BCUT2D eigenvalue weighted by molar-refractivity contribution is -0.131. The van der Waals surface area contributed by atoms with Gasteiger partial charge in [-0.05, 0) is 18.2 Å². The van der Waals surface area contributed by atoms with E-state index < -0.39 is 10.0 Å². The molecule has 3 aromatic rings. The average Bonchev–Trinajstić information content (AvgIpc) is 2.83. The Morgan fingerprint density at radius 3 is 2.53 bits per heavy atom. The molecule has 0 radical (unpaired) electrons. The molecule has 0 unspecified atom stereocenters. The van der Waals surface area contributed by atoms with Crippen molar-refractivity contribution in [3.8, 4) is 11.5 Å². The lowest BCUT2D eigenvalue weighted by atomic mass is 10.1. The number of benzene rings is 2. The molecule has 2 aromatic carbocycles. The first-order valence-corrected chi connectivity index (χ1v) is 11.7. The van der Waals surface area contributed by atoms with Crippen LogP contribution < -0.4 is 9.47 Å². The van der Waals surface area contributed by atoms with Gasteiger partial charge in [0, 0.05) is 61.0 Å². The third kappa shape index (κ3) is 4.26. The van der Waals surface area contributed by atoms with Gasteiger partial charge in [-0.2, -0.15) is 4.31 Å². The van der Waals surface area contributed by atoms with Crippen LogP contribution in [0, 0.1) is 0 Å². The first-order chi connectivity index (χ1) is 15.4. The summed E-state index contributed by atoms with van der Waals surface area (Å²) in [6.45, 7) is 1.16. The van der Waals surface area contributed by atoms with Gasteiger partial charge in [0.15, 0.2) is 0 Å². The van der Waals surface area contributed by atoms with Crippen LogP contribution in [0.3, 0.4) is 0 Å². The summed E-state index contributed by atoms with van der Waals surface area (Å²) in [5.74, 6) is 1.17. The summed E-state index contributed by atoms with van der Waals surface area (Å²) >= 11 is 0. The number of aromatic nitrogens is 1. The molecule has 0 spiro atoms. The highest BCUT2D eigenvalue weighted by atomic mass is 32.2. The van der Waals surface area contributed by atoms with Crippen molar-refractivity contribution >= 4 is 26.7 Å². The third-order valence-corrected chi connectivity index (χ3v) is 7.64. The zero-order chi connectivity index (χ0) is 22.7. The molecule has 0 saturated carbocycles. The van der Waals surface area contributed by atoms with Crippen molar-refractivity contribution in [2.75, 3.05) is 40.4 Å². The second-order valence-corrected chi connectivity index (χ2v) is 9.40. The average molecular weight is 456 g/mol. The molecule has 32 heavy (non-hydrogen) atoms. The largest absolute Gasteiger partial charge is 0.497 e. The maximum Gasteiger partial charge on any atom is 0.243 e. The maximum absolute atomic E-state index is 13.3. The number of hydrogen-bond donors (Lipinski definition) is 0. The van der Waals surface area contributed by atoms with Crippen molar-refractivity contribution in [2.45, 2.75) is 11.3 Å². The van der Waals surface area contributed by atoms with E-state index in [-0.39, 0.29) is 30.3 Å². The Bertz CT molecular complexity index is 1230. The van der Waals surface area contributed by atoms with Crippen LogP contribution in [0.25, 0.3) is 10.8 Å². The molecular formula is C23H25N3O5S. The first kappa shape index (κ1) is 22.0. The quantitative estimate of drug-likeness (QED) is 0.567. The second-order valence-electron chi connectivity index (χ2n) is 7.49. The summed E-state index contributed by atoms with van der Waals surface area (Å²) in [6, 6.07) is 12.2. The number of ether oxygens (including phenoxy) is 2. The van der Waals surface area contributed by atoms with E-state index in [4.69, 9.17) is 9.47 Å². The van der Waals surface area contributed by atoms with Gasteiger partial charge in [0.1, 0.15) is 11.5 Å². The van der Waals surface area contributed by atoms with Crippen LogP contribution in [-0.2, 0) is 21.2 Å². The molecule has 168 valence electrons. The molecule has 2 heterocycles. The monoisotopic (exact) mass is 455 g/mol. The fraction of sp³-hybridized carbons (Fsp3) is 0.304. The van der Waals surface area contributed by atoms with E-state index in [9.17, 15) is 13.2 Å². The number of fused-ring (bicyclic) bond motifs is 1. The lowest BCUT2D eigenvalue weighted by Crippen LogP contribution is -2.50.